The fourth-order valence-corrected chi connectivity index (χ4v) is 2.46. The van der Waals surface area contributed by atoms with Crippen molar-refractivity contribution in [1.29, 1.82) is 0 Å². The van der Waals surface area contributed by atoms with Crippen LogP contribution in [0.15, 0.2) is 30.3 Å². The van der Waals surface area contributed by atoms with E-state index in [2.05, 4.69) is 29.4 Å². The molecule has 1 N–H and O–H groups in total. The van der Waals surface area contributed by atoms with Crippen LogP contribution < -0.4 is 0 Å². The molecule has 0 amide bonds. The van der Waals surface area contributed by atoms with Crippen molar-refractivity contribution in [2.75, 3.05) is 0 Å². The van der Waals surface area contributed by atoms with E-state index in [9.17, 15) is 4.79 Å². The van der Waals surface area contributed by atoms with Gasteiger partial charge in [-0.05, 0) is 38.7 Å². The van der Waals surface area contributed by atoms with Crippen molar-refractivity contribution in [2.45, 2.75) is 39.7 Å². The summed E-state index contributed by atoms with van der Waals surface area (Å²) in [4.78, 5) is 11.1. The lowest BCUT2D eigenvalue weighted by molar-refractivity contribution is 0.0695. The lowest BCUT2D eigenvalue weighted by Gasteiger charge is -2.05. The van der Waals surface area contributed by atoms with Crippen LogP contribution in [-0.4, -0.2) is 20.9 Å². The Balaban J connectivity index is 1.89. The minimum atomic E-state index is -0.893. The molecule has 1 aromatic heterocycles. The Morgan fingerprint density at radius 2 is 1.90 bits per heavy atom. The monoisotopic (exact) mass is 272 g/mol. The number of carboxylic acids is 1. The third-order valence-electron chi connectivity index (χ3n) is 3.52. The van der Waals surface area contributed by atoms with Gasteiger partial charge in [-0.15, -0.1) is 0 Å². The Hall–Kier alpha value is -2.10. The molecule has 4 heteroatoms. The third-order valence-corrected chi connectivity index (χ3v) is 3.52. The molecule has 0 radical (unpaired) electrons. The smallest absolute Gasteiger partial charge is 0.339 e. The van der Waals surface area contributed by atoms with Gasteiger partial charge in [0.15, 0.2) is 0 Å². The number of hydrogen-bond acceptors (Lipinski definition) is 2. The van der Waals surface area contributed by atoms with Crippen molar-refractivity contribution in [2.24, 2.45) is 0 Å². The molecule has 0 aliphatic heterocycles. The van der Waals surface area contributed by atoms with Crippen molar-refractivity contribution in [3.8, 4) is 0 Å². The zero-order valence-electron chi connectivity index (χ0n) is 12.0. The molecule has 106 valence electrons. The quantitative estimate of drug-likeness (QED) is 0.821. The van der Waals surface area contributed by atoms with Gasteiger partial charge in [0.1, 0.15) is 5.56 Å². The van der Waals surface area contributed by atoms with Crippen molar-refractivity contribution in [3.63, 3.8) is 0 Å². The van der Waals surface area contributed by atoms with Crippen LogP contribution >= 0.6 is 0 Å². The standard InChI is InChI=1S/C16H20N2O2/c1-12-15(16(19)20)13(2)18(17-12)11-7-6-10-14-8-4-3-5-9-14/h3-5,8-9H,6-7,10-11H2,1-2H3,(H,19,20). The summed E-state index contributed by atoms with van der Waals surface area (Å²) < 4.78 is 1.81. The molecular formula is C16H20N2O2. The number of aromatic carboxylic acids is 1. The topological polar surface area (TPSA) is 55.1 Å². The summed E-state index contributed by atoms with van der Waals surface area (Å²) in [6.07, 6.45) is 3.12. The van der Waals surface area contributed by atoms with Gasteiger partial charge in [-0.2, -0.15) is 5.10 Å². The van der Waals surface area contributed by atoms with Gasteiger partial charge in [-0.25, -0.2) is 4.79 Å². The van der Waals surface area contributed by atoms with Gasteiger partial charge >= 0.3 is 5.97 Å². The van der Waals surface area contributed by atoms with E-state index in [4.69, 9.17) is 5.11 Å². The number of rotatable bonds is 6. The van der Waals surface area contributed by atoms with Crippen molar-refractivity contribution in [1.82, 2.24) is 9.78 Å². The van der Waals surface area contributed by atoms with Crippen LogP contribution in [0.2, 0.25) is 0 Å². The molecule has 0 aliphatic carbocycles. The SMILES string of the molecule is Cc1nn(CCCCc2ccccc2)c(C)c1C(=O)O. The predicted molar refractivity (Wildman–Crippen MR) is 78.0 cm³/mol. The molecule has 4 nitrogen and oxygen atoms in total. The van der Waals surface area contributed by atoms with Gasteiger partial charge in [0, 0.05) is 6.54 Å². The van der Waals surface area contributed by atoms with Crippen LogP contribution in [0.25, 0.3) is 0 Å². The third kappa shape index (κ3) is 3.26. The molecule has 0 saturated heterocycles. The number of aromatic nitrogens is 2. The minimum absolute atomic E-state index is 0.341. The molecule has 2 rings (SSSR count). The van der Waals surface area contributed by atoms with E-state index >= 15 is 0 Å². The largest absolute Gasteiger partial charge is 0.478 e. The maximum atomic E-state index is 11.1. The summed E-state index contributed by atoms with van der Waals surface area (Å²) in [5.41, 5.74) is 3.02. The van der Waals surface area contributed by atoms with Gasteiger partial charge in [0.25, 0.3) is 0 Å². The van der Waals surface area contributed by atoms with Crippen LogP contribution in [0, 0.1) is 13.8 Å². The van der Waals surface area contributed by atoms with Crippen molar-refractivity contribution >= 4 is 5.97 Å². The van der Waals surface area contributed by atoms with Crippen LogP contribution in [0.1, 0.15) is 40.2 Å². The Morgan fingerprint density at radius 1 is 1.20 bits per heavy atom. The van der Waals surface area contributed by atoms with Crippen molar-refractivity contribution < 1.29 is 9.90 Å². The highest BCUT2D eigenvalue weighted by molar-refractivity contribution is 5.90. The number of carbonyl (C=O) groups is 1. The molecule has 0 aliphatic rings. The summed E-state index contributed by atoms with van der Waals surface area (Å²) in [5, 5.41) is 13.4. The van der Waals surface area contributed by atoms with E-state index in [1.807, 2.05) is 17.7 Å². The number of nitrogens with zero attached hydrogens (tertiary/aromatic N) is 2. The highest BCUT2D eigenvalue weighted by Gasteiger charge is 2.17. The summed E-state index contributed by atoms with van der Waals surface area (Å²) in [7, 11) is 0. The second kappa shape index (κ2) is 6.37. The van der Waals surface area contributed by atoms with E-state index in [1.165, 1.54) is 5.56 Å². The Labute approximate surface area is 119 Å². The molecule has 20 heavy (non-hydrogen) atoms. The van der Waals surface area contributed by atoms with Crippen LogP contribution in [0.5, 0.6) is 0 Å². The zero-order chi connectivity index (χ0) is 14.5. The molecule has 0 bridgehead atoms. The first kappa shape index (κ1) is 14.3. The number of carboxylic acid groups (broad SMARTS) is 1. The lowest BCUT2D eigenvalue weighted by atomic mass is 10.1. The fraction of sp³-hybridized carbons (Fsp3) is 0.375. The molecule has 0 unspecified atom stereocenters. The molecule has 0 fully saturated rings. The minimum Gasteiger partial charge on any atom is -0.478 e. The summed E-state index contributed by atoms with van der Waals surface area (Å²) in [6, 6.07) is 10.4. The molecule has 1 heterocycles. The lowest BCUT2D eigenvalue weighted by Crippen LogP contribution is -2.05. The molecule has 0 atom stereocenters. The number of benzene rings is 1. The molecule has 0 spiro atoms. The number of unbranched alkanes of at least 4 members (excludes halogenated alkanes) is 1. The predicted octanol–water partition coefficient (Wildman–Crippen LogP) is 3.22. The van der Waals surface area contributed by atoms with E-state index in [0.29, 0.717) is 11.3 Å². The first-order chi connectivity index (χ1) is 9.59. The van der Waals surface area contributed by atoms with E-state index in [-0.39, 0.29) is 0 Å². The number of hydrogen-bond donors (Lipinski definition) is 1. The van der Waals surface area contributed by atoms with E-state index < -0.39 is 5.97 Å². The average molecular weight is 272 g/mol. The van der Waals surface area contributed by atoms with E-state index in [1.54, 1.807) is 6.92 Å². The Kier molecular flexibility index (Phi) is 4.56. The van der Waals surface area contributed by atoms with Gasteiger partial charge in [0.2, 0.25) is 0 Å². The second-order valence-corrected chi connectivity index (χ2v) is 5.02. The molecular weight excluding hydrogens is 252 g/mol. The van der Waals surface area contributed by atoms with Gasteiger partial charge in [0.05, 0.1) is 11.4 Å². The number of aryl methyl sites for hydroxylation is 3. The summed E-state index contributed by atoms with van der Waals surface area (Å²) >= 11 is 0. The van der Waals surface area contributed by atoms with Gasteiger partial charge in [-0.3, -0.25) is 4.68 Å². The Morgan fingerprint density at radius 3 is 2.50 bits per heavy atom. The van der Waals surface area contributed by atoms with Gasteiger partial charge < -0.3 is 5.11 Å². The highest BCUT2D eigenvalue weighted by Crippen LogP contribution is 2.14. The van der Waals surface area contributed by atoms with Gasteiger partial charge in [-0.1, -0.05) is 30.3 Å². The van der Waals surface area contributed by atoms with Crippen LogP contribution in [0.3, 0.4) is 0 Å². The molecule has 1 aromatic carbocycles. The molecule has 0 saturated carbocycles. The Bertz CT molecular complexity index is 588. The second-order valence-electron chi connectivity index (χ2n) is 5.02. The normalized spacial score (nSPS) is 10.7. The maximum absolute atomic E-state index is 11.1. The van der Waals surface area contributed by atoms with Crippen LogP contribution in [0.4, 0.5) is 0 Å². The van der Waals surface area contributed by atoms with Crippen LogP contribution in [-0.2, 0) is 13.0 Å². The first-order valence-electron chi connectivity index (χ1n) is 6.91. The summed E-state index contributed by atoms with van der Waals surface area (Å²) in [6.45, 7) is 4.34. The highest BCUT2D eigenvalue weighted by atomic mass is 16.4. The first-order valence-corrected chi connectivity index (χ1v) is 6.91. The maximum Gasteiger partial charge on any atom is 0.339 e. The van der Waals surface area contributed by atoms with Crippen molar-refractivity contribution in [3.05, 3.63) is 52.8 Å². The molecule has 2 aromatic rings. The summed E-state index contributed by atoms with van der Waals surface area (Å²) in [5.74, 6) is -0.893. The fourth-order valence-electron chi connectivity index (χ4n) is 2.46. The zero-order valence-corrected chi connectivity index (χ0v) is 12.0. The average Bonchev–Trinajstić information content (AvgIpc) is 2.71. The van der Waals surface area contributed by atoms with E-state index in [0.717, 1.165) is 31.5 Å².